The van der Waals surface area contributed by atoms with E-state index in [4.69, 9.17) is 9.73 Å². The van der Waals surface area contributed by atoms with Crippen LogP contribution >= 0.6 is 11.8 Å². The highest BCUT2D eigenvalue weighted by Gasteiger charge is 2.48. The molecule has 1 heterocycles. The molecule has 2 aliphatic rings. The number of carbonyl (C=O) groups excluding carboxylic acids is 1. The maximum atomic E-state index is 14.4. The molecule has 1 aliphatic heterocycles. The van der Waals surface area contributed by atoms with E-state index >= 15 is 0 Å². The van der Waals surface area contributed by atoms with E-state index < -0.39 is 17.2 Å². The van der Waals surface area contributed by atoms with Crippen LogP contribution in [0.3, 0.4) is 0 Å². The Bertz CT molecular complexity index is 671. The third-order valence-corrected chi connectivity index (χ3v) is 5.49. The first-order valence-electron chi connectivity index (χ1n) is 8.28. The number of alkyl carbamates (subject to hydrolysis) is 1. The number of aliphatic imine (C=N–C) groups is 1. The molecular weight excluding hydrogens is 327 g/mol. The fourth-order valence-electron chi connectivity index (χ4n) is 3.50. The zero-order valence-corrected chi connectivity index (χ0v) is 15.1. The first-order valence-corrected chi connectivity index (χ1v) is 9.26. The molecule has 1 fully saturated rings. The molecule has 0 spiro atoms. The number of fused-ring (bicyclic) bond motifs is 1. The van der Waals surface area contributed by atoms with Gasteiger partial charge in [-0.15, -0.1) is 0 Å². The van der Waals surface area contributed by atoms with Crippen LogP contribution in [-0.4, -0.2) is 22.6 Å². The molecule has 1 N–H and O–H groups in total. The van der Waals surface area contributed by atoms with Crippen LogP contribution in [0.5, 0.6) is 0 Å². The summed E-state index contributed by atoms with van der Waals surface area (Å²) in [5, 5.41) is 3.25. The SMILES string of the molecule is CC(C)(C)OC(=O)NC1=N[C@@]2(c3ccccc3F)CCCC2CS1. The lowest BCUT2D eigenvalue weighted by atomic mass is 9.81. The predicted molar refractivity (Wildman–Crippen MR) is 94.7 cm³/mol. The minimum Gasteiger partial charge on any atom is -0.444 e. The predicted octanol–water partition coefficient (Wildman–Crippen LogP) is 4.45. The Morgan fingerprint density at radius 1 is 1.42 bits per heavy atom. The van der Waals surface area contributed by atoms with E-state index in [1.807, 2.05) is 32.9 Å². The highest BCUT2D eigenvalue weighted by Crippen LogP contribution is 2.51. The van der Waals surface area contributed by atoms with Gasteiger partial charge >= 0.3 is 6.09 Å². The molecule has 1 aliphatic carbocycles. The molecule has 2 atom stereocenters. The number of amidine groups is 1. The van der Waals surface area contributed by atoms with Crippen molar-refractivity contribution < 1.29 is 13.9 Å². The number of halogens is 1. The van der Waals surface area contributed by atoms with Crippen molar-refractivity contribution in [3.05, 3.63) is 35.6 Å². The fourth-order valence-corrected chi connectivity index (χ4v) is 4.69. The summed E-state index contributed by atoms with van der Waals surface area (Å²) >= 11 is 1.51. The number of ether oxygens (including phenoxy) is 1. The monoisotopic (exact) mass is 350 g/mol. The molecule has 130 valence electrons. The van der Waals surface area contributed by atoms with Crippen molar-refractivity contribution in [2.75, 3.05) is 5.75 Å². The van der Waals surface area contributed by atoms with Gasteiger partial charge in [0.2, 0.25) is 0 Å². The normalized spacial score (nSPS) is 26.5. The second kappa shape index (κ2) is 6.39. The van der Waals surface area contributed by atoms with Crippen molar-refractivity contribution in [1.29, 1.82) is 0 Å². The van der Waals surface area contributed by atoms with Crippen LogP contribution in [0.25, 0.3) is 0 Å². The van der Waals surface area contributed by atoms with E-state index in [1.54, 1.807) is 6.07 Å². The lowest BCUT2D eigenvalue weighted by Crippen LogP contribution is -2.42. The summed E-state index contributed by atoms with van der Waals surface area (Å²) in [5.41, 5.74) is -0.499. The molecule has 1 aromatic carbocycles. The van der Waals surface area contributed by atoms with Crippen molar-refractivity contribution >= 4 is 23.0 Å². The van der Waals surface area contributed by atoms with Gasteiger partial charge in [-0.25, -0.2) is 9.18 Å². The highest BCUT2D eigenvalue weighted by molar-refractivity contribution is 8.13. The number of hydrogen-bond acceptors (Lipinski definition) is 4. The summed E-state index contributed by atoms with van der Waals surface area (Å²) in [6.45, 7) is 5.45. The highest BCUT2D eigenvalue weighted by atomic mass is 32.2. The van der Waals surface area contributed by atoms with Gasteiger partial charge in [0.05, 0.1) is 5.54 Å². The summed E-state index contributed by atoms with van der Waals surface area (Å²) in [6, 6.07) is 6.84. The van der Waals surface area contributed by atoms with Gasteiger partial charge in [0.1, 0.15) is 11.4 Å². The standard InChI is InChI=1S/C18H23FN2O2S/c1-17(2,3)23-16(22)20-15-21-18(10-6-7-12(18)11-24-15)13-8-4-5-9-14(13)19/h4-5,8-9,12H,6-7,10-11H2,1-3H3,(H,20,21,22)/t12?,18-/m0/s1. The van der Waals surface area contributed by atoms with Gasteiger partial charge in [-0.05, 0) is 45.6 Å². The number of amides is 1. The van der Waals surface area contributed by atoms with Gasteiger partial charge in [-0.2, -0.15) is 0 Å². The van der Waals surface area contributed by atoms with E-state index in [-0.39, 0.29) is 5.82 Å². The Balaban J connectivity index is 1.89. The molecule has 1 unspecified atom stereocenters. The topological polar surface area (TPSA) is 50.7 Å². The van der Waals surface area contributed by atoms with E-state index in [9.17, 15) is 9.18 Å². The minimum atomic E-state index is -0.569. The average Bonchev–Trinajstić information content (AvgIpc) is 2.89. The van der Waals surface area contributed by atoms with E-state index in [0.29, 0.717) is 16.6 Å². The lowest BCUT2D eigenvalue weighted by molar-refractivity contribution is 0.0564. The average molecular weight is 350 g/mol. The Kier molecular flexibility index (Phi) is 4.60. The second-order valence-corrected chi connectivity index (χ2v) is 8.36. The third-order valence-electron chi connectivity index (χ3n) is 4.46. The van der Waals surface area contributed by atoms with Crippen molar-refractivity contribution in [3.63, 3.8) is 0 Å². The summed E-state index contributed by atoms with van der Waals surface area (Å²) in [6.07, 6.45) is 2.33. The van der Waals surface area contributed by atoms with Crippen molar-refractivity contribution in [1.82, 2.24) is 5.32 Å². The van der Waals surface area contributed by atoms with Crippen molar-refractivity contribution in [2.45, 2.75) is 51.2 Å². The van der Waals surface area contributed by atoms with E-state index in [0.717, 1.165) is 25.0 Å². The van der Waals surface area contributed by atoms with Crippen LogP contribution in [0.1, 0.15) is 45.6 Å². The number of nitrogens with zero attached hydrogens (tertiary/aromatic N) is 1. The quantitative estimate of drug-likeness (QED) is 0.814. The molecule has 1 aromatic rings. The molecule has 1 saturated carbocycles. The maximum Gasteiger partial charge on any atom is 0.413 e. The molecule has 3 rings (SSSR count). The molecule has 24 heavy (non-hydrogen) atoms. The van der Waals surface area contributed by atoms with Crippen LogP contribution in [-0.2, 0) is 10.3 Å². The third kappa shape index (κ3) is 3.43. The van der Waals surface area contributed by atoms with Gasteiger partial charge in [-0.3, -0.25) is 10.3 Å². The summed E-state index contributed by atoms with van der Waals surface area (Å²) in [7, 11) is 0. The van der Waals surface area contributed by atoms with Crippen molar-refractivity contribution in [2.24, 2.45) is 10.9 Å². The zero-order chi connectivity index (χ0) is 17.4. The first-order chi connectivity index (χ1) is 11.3. The number of carbonyl (C=O) groups is 1. The van der Waals surface area contributed by atoms with Crippen LogP contribution in [0.2, 0.25) is 0 Å². The summed E-state index contributed by atoms with van der Waals surface area (Å²) < 4.78 is 19.7. The molecule has 0 radical (unpaired) electrons. The smallest absolute Gasteiger partial charge is 0.413 e. The molecule has 1 amide bonds. The van der Waals surface area contributed by atoms with Crippen molar-refractivity contribution in [3.8, 4) is 0 Å². The van der Waals surface area contributed by atoms with Crippen LogP contribution in [0.15, 0.2) is 29.3 Å². The number of benzene rings is 1. The molecule has 6 heteroatoms. The van der Waals surface area contributed by atoms with Crippen LogP contribution in [0, 0.1) is 11.7 Å². The Morgan fingerprint density at radius 2 is 2.17 bits per heavy atom. The number of thioether (sulfide) groups is 1. The first kappa shape index (κ1) is 17.3. The van der Waals surface area contributed by atoms with Gasteiger partial charge in [0.15, 0.2) is 5.17 Å². The summed E-state index contributed by atoms with van der Waals surface area (Å²) in [4.78, 5) is 16.8. The molecular formula is C18H23FN2O2S. The number of nitrogens with one attached hydrogen (secondary N) is 1. The zero-order valence-electron chi connectivity index (χ0n) is 14.3. The van der Waals surface area contributed by atoms with E-state index in [1.165, 1.54) is 17.8 Å². The van der Waals surface area contributed by atoms with Gasteiger partial charge in [-0.1, -0.05) is 36.4 Å². The molecule has 4 nitrogen and oxygen atoms in total. The Morgan fingerprint density at radius 3 is 2.88 bits per heavy atom. The van der Waals surface area contributed by atoms with E-state index in [2.05, 4.69) is 5.32 Å². The molecule has 0 bridgehead atoms. The number of rotatable bonds is 1. The minimum absolute atomic E-state index is 0.225. The molecule has 0 saturated heterocycles. The van der Waals surface area contributed by atoms with Gasteiger partial charge < -0.3 is 4.74 Å². The lowest BCUT2D eigenvalue weighted by Gasteiger charge is -2.36. The van der Waals surface area contributed by atoms with Crippen LogP contribution in [0.4, 0.5) is 9.18 Å². The maximum absolute atomic E-state index is 14.4. The molecule has 0 aromatic heterocycles. The largest absolute Gasteiger partial charge is 0.444 e. The van der Waals surface area contributed by atoms with Gasteiger partial charge in [0.25, 0.3) is 0 Å². The Hall–Kier alpha value is -1.56. The van der Waals surface area contributed by atoms with Gasteiger partial charge in [0, 0.05) is 11.3 Å². The Labute approximate surface area is 146 Å². The van der Waals surface area contributed by atoms with Crippen LogP contribution < -0.4 is 5.32 Å². The second-order valence-electron chi connectivity index (χ2n) is 7.35. The number of hydrogen-bond donors (Lipinski definition) is 1. The fraction of sp³-hybridized carbons (Fsp3) is 0.556. The summed E-state index contributed by atoms with van der Waals surface area (Å²) in [5.74, 6) is 0.892.